The molecule has 1 aromatic rings. The molecule has 0 radical (unpaired) electrons. The fourth-order valence-electron chi connectivity index (χ4n) is 1.14. The highest BCUT2D eigenvalue weighted by molar-refractivity contribution is 5.30. The molecule has 5 heteroatoms. The van der Waals surface area contributed by atoms with Crippen LogP contribution in [0.15, 0.2) is 24.3 Å². The SMILES string of the molecule is N#CC[C@@H](N)c1cccc(OC(F)F)c1. The highest BCUT2D eigenvalue weighted by atomic mass is 19.3. The number of nitrogens with zero attached hydrogens (tertiary/aromatic N) is 1. The molecule has 3 nitrogen and oxygen atoms in total. The van der Waals surface area contributed by atoms with Crippen LogP contribution in [0.25, 0.3) is 0 Å². The number of rotatable bonds is 4. The van der Waals surface area contributed by atoms with Crippen molar-refractivity contribution in [3.05, 3.63) is 29.8 Å². The molecular formula is C10H10F2N2O. The molecule has 0 amide bonds. The lowest BCUT2D eigenvalue weighted by atomic mass is 10.1. The van der Waals surface area contributed by atoms with E-state index >= 15 is 0 Å². The number of hydrogen-bond acceptors (Lipinski definition) is 3. The van der Waals surface area contributed by atoms with Gasteiger partial charge in [-0.3, -0.25) is 0 Å². The van der Waals surface area contributed by atoms with E-state index in [4.69, 9.17) is 11.0 Å². The number of halogens is 2. The Bertz CT molecular complexity index is 363. The topological polar surface area (TPSA) is 59.0 Å². The van der Waals surface area contributed by atoms with Crippen LogP contribution in [0.2, 0.25) is 0 Å². The van der Waals surface area contributed by atoms with Crippen LogP contribution in [0, 0.1) is 11.3 Å². The summed E-state index contributed by atoms with van der Waals surface area (Å²) < 4.78 is 28.0. The molecule has 1 aromatic carbocycles. The summed E-state index contributed by atoms with van der Waals surface area (Å²) in [5, 5.41) is 8.43. The Morgan fingerprint density at radius 2 is 2.20 bits per heavy atom. The van der Waals surface area contributed by atoms with Crippen LogP contribution in [-0.4, -0.2) is 6.61 Å². The summed E-state index contributed by atoms with van der Waals surface area (Å²) >= 11 is 0. The molecule has 0 bridgehead atoms. The average molecular weight is 212 g/mol. The molecule has 0 saturated carbocycles. The number of ether oxygens (including phenoxy) is 1. The summed E-state index contributed by atoms with van der Waals surface area (Å²) in [7, 11) is 0. The van der Waals surface area contributed by atoms with Crippen LogP contribution in [0.3, 0.4) is 0 Å². The van der Waals surface area contributed by atoms with Crippen LogP contribution >= 0.6 is 0 Å². The minimum Gasteiger partial charge on any atom is -0.435 e. The molecular weight excluding hydrogens is 202 g/mol. The van der Waals surface area contributed by atoms with Gasteiger partial charge in [0.15, 0.2) is 0 Å². The number of alkyl halides is 2. The zero-order chi connectivity index (χ0) is 11.3. The molecule has 0 heterocycles. The third-order valence-electron chi connectivity index (χ3n) is 1.82. The summed E-state index contributed by atoms with van der Waals surface area (Å²) in [6, 6.07) is 7.49. The minimum atomic E-state index is -2.85. The van der Waals surface area contributed by atoms with Gasteiger partial charge in [0, 0.05) is 6.04 Å². The molecule has 0 aliphatic carbocycles. The van der Waals surface area contributed by atoms with Gasteiger partial charge in [-0.1, -0.05) is 12.1 Å². The third kappa shape index (κ3) is 3.52. The molecule has 1 rings (SSSR count). The summed E-state index contributed by atoms with van der Waals surface area (Å²) in [6.45, 7) is -2.85. The highest BCUT2D eigenvalue weighted by Crippen LogP contribution is 2.20. The maximum atomic E-state index is 11.9. The van der Waals surface area contributed by atoms with Gasteiger partial charge in [0.1, 0.15) is 5.75 Å². The van der Waals surface area contributed by atoms with E-state index in [1.165, 1.54) is 12.1 Å². The first-order chi connectivity index (χ1) is 7.13. The average Bonchev–Trinajstić information content (AvgIpc) is 2.17. The van der Waals surface area contributed by atoms with Crippen molar-refractivity contribution in [2.45, 2.75) is 19.1 Å². The van der Waals surface area contributed by atoms with Crippen molar-refractivity contribution in [2.75, 3.05) is 0 Å². The summed E-state index contributed by atoms with van der Waals surface area (Å²) in [5.74, 6) is 0.0517. The van der Waals surface area contributed by atoms with E-state index in [0.29, 0.717) is 5.56 Å². The second-order valence-corrected chi connectivity index (χ2v) is 2.92. The van der Waals surface area contributed by atoms with Gasteiger partial charge in [0.2, 0.25) is 0 Å². The minimum absolute atomic E-state index is 0.0517. The highest BCUT2D eigenvalue weighted by Gasteiger charge is 2.08. The summed E-state index contributed by atoms with van der Waals surface area (Å²) in [6.07, 6.45) is 0.137. The van der Waals surface area contributed by atoms with Gasteiger partial charge < -0.3 is 10.5 Å². The lowest BCUT2D eigenvalue weighted by Crippen LogP contribution is -2.10. The Morgan fingerprint density at radius 1 is 1.47 bits per heavy atom. The van der Waals surface area contributed by atoms with E-state index in [1.54, 1.807) is 12.1 Å². The molecule has 0 saturated heterocycles. The Morgan fingerprint density at radius 3 is 2.80 bits per heavy atom. The second kappa shape index (κ2) is 5.27. The molecule has 0 aliphatic rings. The standard InChI is InChI=1S/C10H10F2N2O/c11-10(12)15-8-3-1-2-7(6-8)9(14)4-5-13/h1-3,6,9-10H,4,14H2/t9-/m1/s1. The smallest absolute Gasteiger partial charge is 0.387 e. The van der Waals surface area contributed by atoms with Gasteiger partial charge in [0.25, 0.3) is 0 Å². The monoisotopic (exact) mass is 212 g/mol. The zero-order valence-corrected chi connectivity index (χ0v) is 7.86. The maximum absolute atomic E-state index is 11.9. The number of hydrogen-bond donors (Lipinski definition) is 1. The number of nitriles is 1. The van der Waals surface area contributed by atoms with E-state index in [2.05, 4.69) is 4.74 Å². The first kappa shape index (κ1) is 11.4. The Balaban J connectivity index is 2.78. The normalized spacial score (nSPS) is 12.2. The number of nitrogens with two attached hydrogens (primary N) is 1. The fourth-order valence-corrected chi connectivity index (χ4v) is 1.14. The van der Waals surface area contributed by atoms with Gasteiger partial charge in [0.05, 0.1) is 12.5 Å². The van der Waals surface area contributed by atoms with Gasteiger partial charge in [-0.15, -0.1) is 0 Å². The van der Waals surface area contributed by atoms with Crippen molar-refractivity contribution in [2.24, 2.45) is 5.73 Å². The van der Waals surface area contributed by atoms with Gasteiger partial charge >= 0.3 is 6.61 Å². The van der Waals surface area contributed by atoms with Crippen LogP contribution in [-0.2, 0) is 0 Å². The molecule has 15 heavy (non-hydrogen) atoms. The second-order valence-electron chi connectivity index (χ2n) is 2.92. The first-order valence-corrected chi connectivity index (χ1v) is 4.31. The van der Waals surface area contributed by atoms with Crippen molar-refractivity contribution >= 4 is 0 Å². The Labute approximate surface area is 86.1 Å². The molecule has 80 valence electrons. The predicted molar refractivity (Wildman–Crippen MR) is 50.2 cm³/mol. The molecule has 1 atom stereocenters. The van der Waals surface area contributed by atoms with Crippen molar-refractivity contribution < 1.29 is 13.5 Å². The van der Waals surface area contributed by atoms with Crippen LogP contribution in [0.4, 0.5) is 8.78 Å². The maximum Gasteiger partial charge on any atom is 0.387 e. The predicted octanol–water partition coefficient (Wildman–Crippen LogP) is 2.20. The van der Waals surface area contributed by atoms with Gasteiger partial charge in [-0.2, -0.15) is 14.0 Å². The van der Waals surface area contributed by atoms with E-state index in [9.17, 15) is 8.78 Å². The molecule has 0 aromatic heterocycles. The Kier molecular flexibility index (Phi) is 4.01. The Hall–Kier alpha value is -1.67. The van der Waals surface area contributed by atoms with Crippen molar-refractivity contribution in [1.82, 2.24) is 0 Å². The fraction of sp³-hybridized carbons (Fsp3) is 0.300. The zero-order valence-electron chi connectivity index (χ0n) is 7.86. The van der Waals surface area contributed by atoms with Crippen LogP contribution in [0.5, 0.6) is 5.75 Å². The summed E-state index contributed by atoms with van der Waals surface area (Å²) in [5.41, 5.74) is 6.25. The van der Waals surface area contributed by atoms with E-state index in [-0.39, 0.29) is 12.2 Å². The van der Waals surface area contributed by atoms with Gasteiger partial charge in [-0.05, 0) is 17.7 Å². The quantitative estimate of drug-likeness (QED) is 0.832. The van der Waals surface area contributed by atoms with E-state index in [0.717, 1.165) is 0 Å². The van der Waals surface area contributed by atoms with Crippen LogP contribution < -0.4 is 10.5 Å². The third-order valence-corrected chi connectivity index (χ3v) is 1.82. The van der Waals surface area contributed by atoms with E-state index in [1.807, 2.05) is 6.07 Å². The summed E-state index contributed by atoms with van der Waals surface area (Å²) in [4.78, 5) is 0. The van der Waals surface area contributed by atoms with Crippen molar-refractivity contribution in [3.63, 3.8) is 0 Å². The molecule has 0 aliphatic heterocycles. The van der Waals surface area contributed by atoms with Crippen molar-refractivity contribution in [3.8, 4) is 11.8 Å². The lowest BCUT2D eigenvalue weighted by Gasteiger charge is -2.10. The lowest BCUT2D eigenvalue weighted by molar-refractivity contribution is -0.0498. The van der Waals surface area contributed by atoms with Crippen molar-refractivity contribution in [1.29, 1.82) is 5.26 Å². The van der Waals surface area contributed by atoms with E-state index < -0.39 is 12.7 Å². The molecule has 0 fully saturated rings. The first-order valence-electron chi connectivity index (χ1n) is 4.31. The molecule has 2 N–H and O–H groups in total. The van der Waals surface area contributed by atoms with Gasteiger partial charge in [-0.25, -0.2) is 0 Å². The number of benzene rings is 1. The molecule has 0 unspecified atom stereocenters. The van der Waals surface area contributed by atoms with Crippen LogP contribution in [0.1, 0.15) is 18.0 Å². The largest absolute Gasteiger partial charge is 0.435 e. The molecule has 0 spiro atoms.